The van der Waals surface area contributed by atoms with Gasteiger partial charge in [0.1, 0.15) is 5.75 Å². The molecule has 0 radical (unpaired) electrons. The van der Waals surface area contributed by atoms with Crippen LogP contribution in [-0.4, -0.2) is 35.5 Å². The second-order valence-electron chi connectivity index (χ2n) is 7.20. The van der Waals surface area contributed by atoms with Gasteiger partial charge in [-0.3, -0.25) is 14.7 Å². The van der Waals surface area contributed by atoms with E-state index in [1.54, 1.807) is 6.20 Å². The predicted octanol–water partition coefficient (Wildman–Crippen LogP) is 3.38. The fourth-order valence-electron chi connectivity index (χ4n) is 3.74. The number of nitrogens with zero attached hydrogens (tertiary/aromatic N) is 2. The van der Waals surface area contributed by atoms with Crippen LogP contribution in [0.3, 0.4) is 0 Å². The molecule has 0 saturated heterocycles. The molecular weight excluding hydrogens is 362 g/mol. The maximum atomic E-state index is 12.4. The number of amides is 1. The fourth-order valence-corrected chi connectivity index (χ4v) is 3.74. The van der Waals surface area contributed by atoms with E-state index < -0.39 is 0 Å². The lowest BCUT2D eigenvalue weighted by atomic mass is 9.97. The molecule has 1 aromatic heterocycles. The number of para-hydroxylation sites is 1. The summed E-state index contributed by atoms with van der Waals surface area (Å²) >= 11 is 0. The molecule has 5 nitrogen and oxygen atoms in total. The van der Waals surface area contributed by atoms with Gasteiger partial charge in [-0.05, 0) is 41.3 Å². The van der Waals surface area contributed by atoms with Gasteiger partial charge < -0.3 is 10.1 Å². The summed E-state index contributed by atoms with van der Waals surface area (Å²) in [6.45, 7) is 2.34. The van der Waals surface area contributed by atoms with Crippen molar-refractivity contribution >= 4 is 5.91 Å². The number of carbonyl (C=O) groups excluding carboxylic acids is 1. The van der Waals surface area contributed by atoms with E-state index in [0.717, 1.165) is 25.1 Å². The Kier molecular flexibility index (Phi) is 6.17. The van der Waals surface area contributed by atoms with Crippen molar-refractivity contribution in [3.8, 4) is 5.75 Å². The number of aromatic nitrogens is 1. The number of benzene rings is 2. The van der Waals surface area contributed by atoms with Crippen LogP contribution < -0.4 is 10.1 Å². The largest absolute Gasteiger partial charge is 0.484 e. The number of nitrogens with one attached hydrogen (secondary N) is 1. The number of hydrogen-bond acceptors (Lipinski definition) is 4. The minimum absolute atomic E-state index is 0.00655. The summed E-state index contributed by atoms with van der Waals surface area (Å²) in [5.41, 5.74) is 3.87. The SMILES string of the molecule is O=C(COc1ccccc1)NC[C@H](c1cccnc1)N1CCc2ccccc2C1. The molecule has 0 aliphatic carbocycles. The first kappa shape index (κ1) is 19.2. The number of hydrogen-bond donors (Lipinski definition) is 1. The molecule has 2 heterocycles. The Morgan fingerprint density at radius 3 is 2.62 bits per heavy atom. The molecule has 0 saturated carbocycles. The zero-order chi connectivity index (χ0) is 19.9. The highest BCUT2D eigenvalue weighted by atomic mass is 16.5. The second-order valence-corrected chi connectivity index (χ2v) is 7.20. The van der Waals surface area contributed by atoms with Crippen LogP contribution in [-0.2, 0) is 17.8 Å². The van der Waals surface area contributed by atoms with Crippen molar-refractivity contribution in [1.82, 2.24) is 15.2 Å². The van der Waals surface area contributed by atoms with Gasteiger partial charge in [0.25, 0.3) is 5.91 Å². The molecule has 3 aromatic rings. The van der Waals surface area contributed by atoms with Gasteiger partial charge in [0.15, 0.2) is 6.61 Å². The first-order valence-corrected chi connectivity index (χ1v) is 9.95. The summed E-state index contributed by atoms with van der Waals surface area (Å²) in [5, 5.41) is 3.04. The monoisotopic (exact) mass is 387 g/mol. The van der Waals surface area contributed by atoms with Gasteiger partial charge in [-0.1, -0.05) is 48.5 Å². The van der Waals surface area contributed by atoms with Crippen molar-refractivity contribution in [2.75, 3.05) is 19.7 Å². The summed E-state index contributed by atoms with van der Waals surface area (Å²) in [7, 11) is 0. The Labute approximate surface area is 171 Å². The summed E-state index contributed by atoms with van der Waals surface area (Å²) in [5.74, 6) is 0.569. The van der Waals surface area contributed by atoms with Gasteiger partial charge in [0.05, 0.1) is 6.04 Å². The molecule has 0 unspecified atom stereocenters. The van der Waals surface area contributed by atoms with Gasteiger partial charge in [0, 0.05) is 32.0 Å². The third-order valence-corrected chi connectivity index (χ3v) is 5.28. The van der Waals surface area contributed by atoms with Crippen LogP contribution in [0, 0.1) is 0 Å². The number of fused-ring (bicyclic) bond motifs is 1. The number of ether oxygens (including phenoxy) is 1. The van der Waals surface area contributed by atoms with E-state index in [9.17, 15) is 4.79 Å². The summed E-state index contributed by atoms with van der Waals surface area (Å²) in [6.07, 6.45) is 4.67. The van der Waals surface area contributed by atoms with E-state index in [1.807, 2.05) is 42.6 Å². The lowest BCUT2D eigenvalue weighted by Crippen LogP contribution is -2.41. The molecule has 1 amide bonds. The zero-order valence-corrected chi connectivity index (χ0v) is 16.3. The molecular formula is C24H25N3O2. The van der Waals surface area contributed by atoms with Gasteiger partial charge in [0.2, 0.25) is 0 Å². The van der Waals surface area contributed by atoms with Crippen molar-refractivity contribution in [2.45, 2.75) is 19.0 Å². The van der Waals surface area contributed by atoms with Gasteiger partial charge in [-0.2, -0.15) is 0 Å². The molecule has 0 fully saturated rings. The lowest BCUT2D eigenvalue weighted by molar-refractivity contribution is -0.123. The van der Waals surface area contributed by atoms with Crippen LogP contribution >= 0.6 is 0 Å². The molecule has 5 heteroatoms. The van der Waals surface area contributed by atoms with Crippen LogP contribution in [0.15, 0.2) is 79.1 Å². The van der Waals surface area contributed by atoms with E-state index in [2.05, 4.69) is 45.5 Å². The van der Waals surface area contributed by atoms with Crippen molar-refractivity contribution < 1.29 is 9.53 Å². The van der Waals surface area contributed by atoms with Crippen molar-refractivity contribution in [2.24, 2.45) is 0 Å². The molecule has 1 aliphatic rings. The van der Waals surface area contributed by atoms with Crippen LogP contribution in [0.5, 0.6) is 5.75 Å². The third-order valence-electron chi connectivity index (χ3n) is 5.28. The van der Waals surface area contributed by atoms with Crippen molar-refractivity contribution in [3.63, 3.8) is 0 Å². The van der Waals surface area contributed by atoms with E-state index in [0.29, 0.717) is 12.3 Å². The molecule has 2 aromatic carbocycles. The average molecular weight is 387 g/mol. The Morgan fingerprint density at radius 2 is 1.83 bits per heavy atom. The molecule has 29 heavy (non-hydrogen) atoms. The first-order valence-electron chi connectivity index (χ1n) is 9.95. The molecule has 148 valence electrons. The highest BCUT2D eigenvalue weighted by Gasteiger charge is 2.25. The third kappa shape index (κ3) is 5.00. The Balaban J connectivity index is 1.41. The van der Waals surface area contributed by atoms with Crippen LogP contribution in [0.25, 0.3) is 0 Å². The smallest absolute Gasteiger partial charge is 0.258 e. The first-order chi connectivity index (χ1) is 14.3. The second kappa shape index (κ2) is 9.34. The van der Waals surface area contributed by atoms with Crippen LogP contribution in [0.2, 0.25) is 0 Å². The van der Waals surface area contributed by atoms with Gasteiger partial charge >= 0.3 is 0 Å². The number of pyridine rings is 1. The quantitative estimate of drug-likeness (QED) is 0.675. The van der Waals surface area contributed by atoms with Gasteiger partial charge in [-0.15, -0.1) is 0 Å². The standard InChI is InChI=1S/C24H25N3O2/c28-24(18-29-22-10-2-1-3-11-22)26-16-23(20-9-6-13-25-15-20)27-14-12-19-7-4-5-8-21(19)17-27/h1-11,13,15,23H,12,14,16-18H2,(H,26,28)/t23-/m1/s1. The Hall–Kier alpha value is -3.18. The summed E-state index contributed by atoms with van der Waals surface area (Å²) < 4.78 is 5.56. The Morgan fingerprint density at radius 1 is 1.03 bits per heavy atom. The minimum atomic E-state index is -0.125. The highest BCUT2D eigenvalue weighted by molar-refractivity contribution is 5.77. The molecule has 4 rings (SSSR count). The predicted molar refractivity (Wildman–Crippen MR) is 112 cm³/mol. The number of carbonyl (C=O) groups is 1. The number of rotatable bonds is 7. The minimum Gasteiger partial charge on any atom is -0.484 e. The maximum absolute atomic E-state index is 12.4. The zero-order valence-electron chi connectivity index (χ0n) is 16.3. The highest BCUT2D eigenvalue weighted by Crippen LogP contribution is 2.27. The van der Waals surface area contributed by atoms with Crippen LogP contribution in [0.4, 0.5) is 0 Å². The molecule has 1 N–H and O–H groups in total. The van der Waals surface area contributed by atoms with Gasteiger partial charge in [-0.25, -0.2) is 0 Å². The molecule has 0 spiro atoms. The molecule has 1 atom stereocenters. The lowest BCUT2D eigenvalue weighted by Gasteiger charge is -2.36. The molecule has 0 bridgehead atoms. The summed E-state index contributed by atoms with van der Waals surface area (Å²) in [6, 6.07) is 22.0. The van der Waals surface area contributed by atoms with E-state index in [-0.39, 0.29) is 18.6 Å². The van der Waals surface area contributed by atoms with E-state index in [1.165, 1.54) is 11.1 Å². The summed E-state index contributed by atoms with van der Waals surface area (Å²) in [4.78, 5) is 19.1. The topological polar surface area (TPSA) is 54.5 Å². The van der Waals surface area contributed by atoms with E-state index in [4.69, 9.17) is 4.74 Å². The molecule has 1 aliphatic heterocycles. The normalized spacial score (nSPS) is 14.6. The van der Waals surface area contributed by atoms with Crippen LogP contribution in [0.1, 0.15) is 22.7 Å². The van der Waals surface area contributed by atoms with E-state index >= 15 is 0 Å². The maximum Gasteiger partial charge on any atom is 0.258 e. The fraction of sp³-hybridized carbons (Fsp3) is 0.250. The van der Waals surface area contributed by atoms with Crippen molar-refractivity contribution in [1.29, 1.82) is 0 Å². The van der Waals surface area contributed by atoms with Crippen molar-refractivity contribution in [3.05, 3.63) is 95.8 Å². The Bertz CT molecular complexity index is 931. The average Bonchev–Trinajstić information content (AvgIpc) is 2.79.